The highest BCUT2D eigenvalue weighted by Gasteiger charge is 2.25. The molecule has 1 saturated heterocycles. The van der Waals surface area contributed by atoms with E-state index in [-0.39, 0.29) is 6.04 Å². The van der Waals surface area contributed by atoms with Crippen LogP contribution in [0.25, 0.3) is 0 Å². The number of hydrogen-bond donors (Lipinski definition) is 1. The Kier molecular flexibility index (Phi) is 4.07. The van der Waals surface area contributed by atoms with Gasteiger partial charge in [-0.15, -0.1) is 0 Å². The van der Waals surface area contributed by atoms with Gasteiger partial charge in [0.25, 0.3) is 0 Å². The van der Waals surface area contributed by atoms with E-state index in [0.717, 1.165) is 5.75 Å². The van der Waals surface area contributed by atoms with Crippen molar-refractivity contribution in [1.29, 1.82) is 0 Å². The van der Waals surface area contributed by atoms with Gasteiger partial charge in [0.2, 0.25) is 0 Å². The van der Waals surface area contributed by atoms with Crippen molar-refractivity contribution in [2.75, 3.05) is 17.3 Å². The number of nitrogens with two attached hydrogens (primary N) is 1. The maximum atomic E-state index is 6.40. The average molecular weight is 281 g/mol. The second-order valence-corrected chi connectivity index (χ2v) is 7.40. The molecule has 2 atom stereocenters. The highest BCUT2D eigenvalue weighted by Crippen LogP contribution is 2.34. The lowest BCUT2D eigenvalue weighted by molar-refractivity contribution is 0.302. The Morgan fingerprint density at radius 2 is 2.17 bits per heavy atom. The van der Waals surface area contributed by atoms with Crippen LogP contribution in [0.4, 0.5) is 0 Å². The number of hydrogen-bond acceptors (Lipinski definition) is 4. The molecule has 4 heteroatoms. The lowest BCUT2D eigenvalue weighted by atomic mass is 10.0. The standard InChI is InChI=1S/C14H19NOS2/c15-14(13-9-17-6-7-18-13)10-2-1-3-12(8-10)16-11-4-5-11/h1-3,8,11,13-14H,4-7,9,15H2. The SMILES string of the molecule is NC(c1cccc(OC2CC2)c1)C1CSCCS1. The molecular formula is C14H19NOS2. The quantitative estimate of drug-likeness (QED) is 0.920. The summed E-state index contributed by atoms with van der Waals surface area (Å²) in [4.78, 5) is 0. The van der Waals surface area contributed by atoms with Crippen molar-refractivity contribution in [3.8, 4) is 5.75 Å². The first kappa shape index (κ1) is 12.7. The minimum Gasteiger partial charge on any atom is -0.490 e. The van der Waals surface area contributed by atoms with E-state index in [1.54, 1.807) is 0 Å². The molecule has 2 N–H and O–H groups in total. The Labute approximate surface area is 117 Å². The van der Waals surface area contributed by atoms with E-state index in [9.17, 15) is 0 Å². The summed E-state index contributed by atoms with van der Waals surface area (Å²) in [5.41, 5.74) is 7.61. The van der Waals surface area contributed by atoms with Crippen LogP contribution in [0.1, 0.15) is 24.4 Å². The highest BCUT2D eigenvalue weighted by molar-refractivity contribution is 8.06. The van der Waals surface area contributed by atoms with Gasteiger partial charge in [-0.1, -0.05) is 12.1 Å². The minimum atomic E-state index is 0.130. The van der Waals surface area contributed by atoms with Crippen LogP contribution in [-0.2, 0) is 0 Å². The smallest absolute Gasteiger partial charge is 0.120 e. The monoisotopic (exact) mass is 281 g/mol. The number of benzene rings is 1. The lowest BCUT2D eigenvalue weighted by Crippen LogP contribution is -2.28. The number of thioether (sulfide) groups is 2. The number of rotatable bonds is 4. The molecule has 18 heavy (non-hydrogen) atoms. The van der Waals surface area contributed by atoms with Gasteiger partial charge < -0.3 is 10.5 Å². The van der Waals surface area contributed by atoms with Crippen molar-refractivity contribution in [3.05, 3.63) is 29.8 Å². The van der Waals surface area contributed by atoms with Gasteiger partial charge in [0.15, 0.2) is 0 Å². The van der Waals surface area contributed by atoms with Gasteiger partial charge in [-0.05, 0) is 30.5 Å². The summed E-state index contributed by atoms with van der Waals surface area (Å²) >= 11 is 4.03. The molecule has 2 fully saturated rings. The van der Waals surface area contributed by atoms with E-state index >= 15 is 0 Å². The zero-order valence-electron chi connectivity index (χ0n) is 10.4. The summed E-state index contributed by atoms with van der Waals surface area (Å²) in [5, 5.41) is 0.542. The molecule has 0 aromatic heterocycles. The van der Waals surface area contributed by atoms with Crippen LogP contribution in [0.15, 0.2) is 24.3 Å². The molecule has 0 radical (unpaired) electrons. The van der Waals surface area contributed by atoms with Gasteiger partial charge in [0, 0.05) is 28.6 Å². The molecule has 0 spiro atoms. The zero-order chi connectivity index (χ0) is 12.4. The first-order valence-electron chi connectivity index (χ1n) is 6.54. The van der Waals surface area contributed by atoms with Crippen LogP contribution in [0.3, 0.4) is 0 Å². The first-order chi connectivity index (χ1) is 8.83. The fourth-order valence-electron chi connectivity index (χ4n) is 2.10. The van der Waals surface area contributed by atoms with E-state index in [0.29, 0.717) is 11.4 Å². The summed E-state index contributed by atoms with van der Waals surface area (Å²) in [5.74, 6) is 4.64. The van der Waals surface area contributed by atoms with Crippen molar-refractivity contribution in [2.45, 2.75) is 30.2 Å². The molecular weight excluding hydrogens is 262 g/mol. The fourth-order valence-corrected chi connectivity index (χ4v) is 4.90. The van der Waals surface area contributed by atoms with Gasteiger partial charge in [0.05, 0.1) is 6.10 Å². The normalized spacial score (nSPS) is 25.7. The Morgan fingerprint density at radius 3 is 2.89 bits per heavy atom. The molecule has 98 valence electrons. The molecule has 3 rings (SSSR count). The fraction of sp³-hybridized carbons (Fsp3) is 0.571. The Hall–Kier alpha value is -0.320. The molecule has 2 aliphatic rings. The second kappa shape index (κ2) is 5.76. The average Bonchev–Trinajstić information content (AvgIpc) is 3.23. The van der Waals surface area contributed by atoms with E-state index in [2.05, 4.69) is 18.2 Å². The van der Waals surface area contributed by atoms with E-state index in [1.807, 2.05) is 29.6 Å². The molecule has 0 amide bonds. The molecule has 1 aromatic carbocycles. The largest absolute Gasteiger partial charge is 0.490 e. The van der Waals surface area contributed by atoms with Crippen LogP contribution in [0, 0.1) is 0 Å². The lowest BCUT2D eigenvalue weighted by Gasteiger charge is -2.27. The van der Waals surface area contributed by atoms with Crippen molar-refractivity contribution in [3.63, 3.8) is 0 Å². The van der Waals surface area contributed by atoms with E-state index < -0.39 is 0 Å². The van der Waals surface area contributed by atoms with Crippen LogP contribution in [0.2, 0.25) is 0 Å². The third kappa shape index (κ3) is 3.16. The topological polar surface area (TPSA) is 35.2 Å². The summed E-state index contributed by atoms with van der Waals surface area (Å²) in [6, 6.07) is 8.49. The predicted molar refractivity (Wildman–Crippen MR) is 80.6 cm³/mol. The first-order valence-corrected chi connectivity index (χ1v) is 8.75. The Balaban J connectivity index is 1.69. The summed E-state index contributed by atoms with van der Waals surface area (Å²) in [7, 11) is 0. The third-order valence-corrected chi connectivity index (χ3v) is 6.20. The van der Waals surface area contributed by atoms with Gasteiger partial charge in [-0.3, -0.25) is 0 Å². The van der Waals surface area contributed by atoms with Gasteiger partial charge in [-0.25, -0.2) is 0 Å². The molecule has 1 aliphatic heterocycles. The van der Waals surface area contributed by atoms with Crippen LogP contribution >= 0.6 is 23.5 Å². The van der Waals surface area contributed by atoms with E-state index in [4.69, 9.17) is 10.5 Å². The van der Waals surface area contributed by atoms with E-state index in [1.165, 1.54) is 35.7 Å². The molecule has 1 heterocycles. The highest BCUT2D eigenvalue weighted by atomic mass is 32.2. The predicted octanol–water partition coefficient (Wildman–Crippen LogP) is 3.08. The van der Waals surface area contributed by atoms with Crippen molar-refractivity contribution in [1.82, 2.24) is 0 Å². The van der Waals surface area contributed by atoms with Gasteiger partial charge >= 0.3 is 0 Å². The summed E-state index contributed by atoms with van der Waals surface area (Å²) < 4.78 is 5.84. The molecule has 2 unspecified atom stereocenters. The maximum absolute atomic E-state index is 6.40. The molecule has 2 nitrogen and oxygen atoms in total. The Bertz CT molecular complexity index is 403. The van der Waals surface area contributed by atoms with Crippen molar-refractivity contribution in [2.24, 2.45) is 5.73 Å². The van der Waals surface area contributed by atoms with Gasteiger partial charge in [-0.2, -0.15) is 23.5 Å². The van der Waals surface area contributed by atoms with Crippen LogP contribution in [0.5, 0.6) is 5.75 Å². The summed E-state index contributed by atoms with van der Waals surface area (Å²) in [6.45, 7) is 0. The van der Waals surface area contributed by atoms with Crippen molar-refractivity contribution >= 4 is 23.5 Å². The van der Waals surface area contributed by atoms with Crippen molar-refractivity contribution < 1.29 is 4.74 Å². The third-order valence-electron chi connectivity index (χ3n) is 3.31. The second-order valence-electron chi connectivity index (χ2n) is 4.90. The molecule has 1 aromatic rings. The maximum Gasteiger partial charge on any atom is 0.120 e. The zero-order valence-corrected chi connectivity index (χ0v) is 12.0. The molecule has 0 bridgehead atoms. The molecule has 1 aliphatic carbocycles. The Morgan fingerprint density at radius 1 is 1.28 bits per heavy atom. The molecule has 1 saturated carbocycles. The van der Waals surface area contributed by atoms with Crippen LogP contribution < -0.4 is 10.5 Å². The van der Waals surface area contributed by atoms with Gasteiger partial charge in [0.1, 0.15) is 5.75 Å². The summed E-state index contributed by atoms with van der Waals surface area (Å²) in [6.07, 6.45) is 2.85. The minimum absolute atomic E-state index is 0.130. The van der Waals surface area contributed by atoms with Crippen LogP contribution in [-0.4, -0.2) is 28.6 Å². The number of ether oxygens (including phenoxy) is 1.